The minimum Gasteiger partial charge on any atom is -0.379 e. The van der Waals surface area contributed by atoms with E-state index in [0.29, 0.717) is 12.4 Å². The van der Waals surface area contributed by atoms with Gasteiger partial charge in [0.25, 0.3) is 0 Å². The average Bonchev–Trinajstić information content (AvgIpc) is 3.19. The second-order valence-electron chi connectivity index (χ2n) is 7.75. The van der Waals surface area contributed by atoms with E-state index in [4.69, 9.17) is 4.74 Å². The standard InChI is InChI=1S/C20H30N8O2/c1-26-18(4-7-22-26)23-17-2-3-19(25-24-17)28-9-5-16(6-10-28)20(29)21-8-11-27-12-14-30-15-13-27/h2-4,7,16H,5-6,8-15H2,1H3,(H,21,29)(H,23,24). The molecule has 2 N–H and O–H groups in total. The van der Waals surface area contributed by atoms with Crippen molar-refractivity contribution >= 4 is 23.4 Å². The number of anilines is 3. The van der Waals surface area contributed by atoms with Gasteiger partial charge in [0.05, 0.1) is 19.4 Å². The Morgan fingerprint density at radius 2 is 1.93 bits per heavy atom. The molecule has 0 unspecified atom stereocenters. The van der Waals surface area contributed by atoms with Gasteiger partial charge in [-0.1, -0.05) is 0 Å². The van der Waals surface area contributed by atoms with E-state index in [-0.39, 0.29) is 11.8 Å². The molecule has 10 nitrogen and oxygen atoms in total. The Kier molecular flexibility index (Phi) is 6.75. The molecule has 0 aliphatic carbocycles. The van der Waals surface area contributed by atoms with Gasteiger partial charge >= 0.3 is 0 Å². The summed E-state index contributed by atoms with van der Waals surface area (Å²) in [6.45, 7) is 6.69. The summed E-state index contributed by atoms with van der Waals surface area (Å²) < 4.78 is 7.10. The second kappa shape index (κ2) is 9.86. The number of hydrogen-bond acceptors (Lipinski definition) is 8. The van der Waals surface area contributed by atoms with Crippen LogP contribution in [0.15, 0.2) is 24.4 Å². The second-order valence-corrected chi connectivity index (χ2v) is 7.75. The molecule has 2 saturated heterocycles. The molecule has 30 heavy (non-hydrogen) atoms. The molecule has 162 valence electrons. The molecule has 0 spiro atoms. The molecule has 2 aliphatic heterocycles. The van der Waals surface area contributed by atoms with Crippen molar-refractivity contribution in [2.24, 2.45) is 13.0 Å². The normalized spacial score (nSPS) is 18.4. The molecule has 0 bridgehead atoms. The molecule has 1 amide bonds. The summed E-state index contributed by atoms with van der Waals surface area (Å²) in [6.07, 6.45) is 3.40. The van der Waals surface area contributed by atoms with Crippen LogP contribution in [0.2, 0.25) is 0 Å². The topological polar surface area (TPSA) is 100 Å². The molecule has 0 saturated carbocycles. The van der Waals surface area contributed by atoms with Gasteiger partial charge in [0, 0.05) is 58.3 Å². The van der Waals surface area contributed by atoms with Gasteiger partial charge in [-0.15, -0.1) is 10.2 Å². The van der Waals surface area contributed by atoms with Gasteiger partial charge in [-0.3, -0.25) is 14.4 Å². The van der Waals surface area contributed by atoms with Crippen molar-refractivity contribution in [1.29, 1.82) is 0 Å². The number of carbonyl (C=O) groups excluding carboxylic acids is 1. The third-order valence-electron chi connectivity index (χ3n) is 5.75. The minimum atomic E-state index is 0.0738. The third-order valence-corrected chi connectivity index (χ3v) is 5.75. The number of piperidine rings is 1. The molecule has 2 aromatic rings. The largest absolute Gasteiger partial charge is 0.379 e. The summed E-state index contributed by atoms with van der Waals surface area (Å²) in [7, 11) is 1.87. The smallest absolute Gasteiger partial charge is 0.223 e. The first-order valence-corrected chi connectivity index (χ1v) is 10.6. The number of morpholine rings is 1. The predicted molar refractivity (Wildman–Crippen MR) is 114 cm³/mol. The van der Waals surface area contributed by atoms with Crippen LogP contribution in [0.25, 0.3) is 0 Å². The van der Waals surface area contributed by atoms with Gasteiger partial charge in [0.2, 0.25) is 5.91 Å². The van der Waals surface area contributed by atoms with E-state index in [0.717, 1.165) is 70.4 Å². The van der Waals surface area contributed by atoms with E-state index >= 15 is 0 Å². The number of aryl methyl sites for hydroxylation is 1. The Morgan fingerprint density at radius 3 is 2.60 bits per heavy atom. The fraction of sp³-hybridized carbons (Fsp3) is 0.600. The molecule has 0 radical (unpaired) electrons. The summed E-state index contributed by atoms with van der Waals surface area (Å²) in [6, 6.07) is 5.76. The number of hydrogen-bond donors (Lipinski definition) is 2. The van der Waals surface area contributed by atoms with Gasteiger partial charge in [0.15, 0.2) is 11.6 Å². The van der Waals surface area contributed by atoms with Crippen LogP contribution in [0, 0.1) is 5.92 Å². The lowest BCUT2D eigenvalue weighted by Gasteiger charge is -2.32. The first-order valence-electron chi connectivity index (χ1n) is 10.6. The Balaban J connectivity index is 1.20. The highest BCUT2D eigenvalue weighted by Crippen LogP contribution is 2.22. The molecular formula is C20H30N8O2. The SMILES string of the molecule is Cn1nccc1Nc1ccc(N2CCC(C(=O)NCCN3CCOCC3)CC2)nn1. The van der Waals surface area contributed by atoms with E-state index < -0.39 is 0 Å². The van der Waals surface area contributed by atoms with Crippen molar-refractivity contribution in [1.82, 2.24) is 30.2 Å². The van der Waals surface area contributed by atoms with Crippen LogP contribution in [0.1, 0.15) is 12.8 Å². The van der Waals surface area contributed by atoms with Crippen LogP contribution in [-0.4, -0.2) is 83.3 Å². The first kappa shape index (κ1) is 20.5. The Bertz CT molecular complexity index is 810. The Morgan fingerprint density at radius 1 is 1.13 bits per heavy atom. The summed E-state index contributed by atoms with van der Waals surface area (Å²) in [5.74, 6) is 2.63. The van der Waals surface area contributed by atoms with E-state index in [1.165, 1.54) is 0 Å². The number of ether oxygens (including phenoxy) is 1. The average molecular weight is 415 g/mol. The summed E-state index contributed by atoms with van der Waals surface area (Å²) in [4.78, 5) is 17.0. The number of nitrogens with one attached hydrogen (secondary N) is 2. The van der Waals surface area contributed by atoms with Crippen molar-refractivity contribution in [3.05, 3.63) is 24.4 Å². The van der Waals surface area contributed by atoms with Crippen LogP contribution in [0.3, 0.4) is 0 Å². The Hall–Kier alpha value is -2.72. The van der Waals surface area contributed by atoms with Crippen LogP contribution >= 0.6 is 0 Å². The van der Waals surface area contributed by atoms with Gasteiger partial charge in [-0.05, 0) is 25.0 Å². The van der Waals surface area contributed by atoms with Crippen molar-refractivity contribution < 1.29 is 9.53 Å². The lowest BCUT2D eigenvalue weighted by molar-refractivity contribution is -0.125. The van der Waals surface area contributed by atoms with E-state index in [1.807, 2.05) is 25.2 Å². The fourth-order valence-corrected chi connectivity index (χ4v) is 3.87. The van der Waals surface area contributed by atoms with Gasteiger partial charge in [-0.2, -0.15) is 5.10 Å². The van der Waals surface area contributed by atoms with Gasteiger partial charge in [0.1, 0.15) is 5.82 Å². The summed E-state index contributed by atoms with van der Waals surface area (Å²) in [5, 5.41) is 19.0. The maximum absolute atomic E-state index is 12.5. The van der Waals surface area contributed by atoms with Crippen LogP contribution < -0.4 is 15.5 Å². The molecule has 2 aromatic heterocycles. The Labute approximate surface area is 176 Å². The monoisotopic (exact) mass is 414 g/mol. The summed E-state index contributed by atoms with van der Waals surface area (Å²) in [5.41, 5.74) is 0. The van der Waals surface area contributed by atoms with E-state index in [9.17, 15) is 4.79 Å². The summed E-state index contributed by atoms with van der Waals surface area (Å²) >= 11 is 0. The molecule has 0 atom stereocenters. The number of rotatable bonds is 7. The number of nitrogens with zero attached hydrogens (tertiary/aromatic N) is 6. The van der Waals surface area contributed by atoms with Crippen LogP contribution in [0.5, 0.6) is 0 Å². The molecule has 4 rings (SSSR count). The van der Waals surface area contributed by atoms with E-state index in [2.05, 4.69) is 35.7 Å². The van der Waals surface area contributed by atoms with Crippen molar-refractivity contribution in [3.63, 3.8) is 0 Å². The zero-order chi connectivity index (χ0) is 20.8. The quantitative estimate of drug-likeness (QED) is 0.680. The maximum Gasteiger partial charge on any atom is 0.223 e. The maximum atomic E-state index is 12.5. The molecule has 2 fully saturated rings. The predicted octanol–water partition coefficient (Wildman–Crippen LogP) is 0.619. The van der Waals surface area contributed by atoms with Crippen molar-refractivity contribution in [3.8, 4) is 0 Å². The zero-order valence-corrected chi connectivity index (χ0v) is 17.5. The van der Waals surface area contributed by atoms with Gasteiger partial charge in [-0.25, -0.2) is 0 Å². The third kappa shape index (κ3) is 5.25. The molecule has 2 aliphatic rings. The zero-order valence-electron chi connectivity index (χ0n) is 17.5. The van der Waals surface area contributed by atoms with Crippen molar-refractivity contribution in [2.45, 2.75) is 12.8 Å². The number of carbonyl (C=O) groups is 1. The van der Waals surface area contributed by atoms with Crippen molar-refractivity contribution in [2.75, 3.05) is 62.7 Å². The molecular weight excluding hydrogens is 384 g/mol. The minimum absolute atomic E-state index is 0.0738. The van der Waals surface area contributed by atoms with Crippen LogP contribution in [0.4, 0.5) is 17.5 Å². The first-order chi connectivity index (χ1) is 14.7. The highest BCUT2D eigenvalue weighted by Gasteiger charge is 2.25. The number of aromatic nitrogens is 4. The molecule has 10 heteroatoms. The highest BCUT2D eigenvalue weighted by molar-refractivity contribution is 5.79. The van der Waals surface area contributed by atoms with E-state index in [1.54, 1.807) is 10.9 Å². The number of amides is 1. The fourth-order valence-electron chi connectivity index (χ4n) is 3.87. The molecule has 0 aromatic carbocycles. The lowest BCUT2D eigenvalue weighted by Crippen LogP contribution is -2.44. The lowest BCUT2D eigenvalue weighted by atomic mass is 9.96. The van der Waals surface area contributed by atoms with Gasteiger partial charge < -0.3 is 20.3 Å². The highest BCUT2D eigenvalue weighted by atomic mass is 16.5. The molecule has 4 heterocycles. The van der Waals surface area contributed by atoms with Crippen LogP contribution in [-0.2, 0) is 16.6 Å².